The summed E-state index contributed by atoms with van der Waals surface area (Å²) >= 11 is 0. The number of carbonyl (C=O) groups is 1. The van der Waals surface area contributed by atoms with E-state index >= 15 is 0 Å². The lowest BCUT2D eigenvalue weighted by Gasteiger charge is -2.34. The molecule has 4 N–H and O–H groups in total. The van der Waals surface area contributed by atoms with Crippen LogP contribution in [0.4, 0.5) is 0 Å². The first-order chi connectivity index (χ1) is 9.60. The third-order valence-corrected chi connectivity index (χ3v) is 4.80. The third-order valence-electron chi connectivity index (χ3n) is 4.80. The minimum Gasteiger partial charge on any atom is -0.409 e. The molecule has 6 heteroatoms. The van der Waals surface area contributed by atoms with Crippen molar-refractivity contribution in [1.29, 1.82) is 0 Å². The van der Waals surface area contributed by atoms with Crippen LogP contribution in [0.2, 0.25) is 0 Å². The highest BCUT2D eigenvalue weighted by atomic mass is 16.5. The van der Waals surface area contributed by atoms with Crippen LogP contribution in [-0.2, 0) is 9.53 Å². The quantitative estimate of drug-likeness (QED) is 0.313. The van der Waals surface area contributed by atoms with E-state index in [0.29, 0.717) is 25.3 Å². The predicted molar refractivity (Wildman–Crippen MR) is 75.5 cm³/mol. The molecule has 0 aromatic heterocycles. The Morgan fingerprint density at radius 3 is 2.70 bits per heavy atom. The van der Waals surface area contributed by atoms with Crippen LogP contribution >= 0.6 is 0 Å². The molecule has 2 rings (SSSR count). The van der Waals surface area contributed by atoms with Crippen LogP contribution in [0, 0.1) is 11.3 Å². The zero-order chi connectivity index (χ0) is 14.6. The average Bonchev–Trinajstić information content (AvgIpc) is 2.89. The second-order valence-corrected chi connectivity index (χ2v) is 5.96. The van der Waals surface area contributed by atoms with Crippen LogP contribution in [0.15, 0.2) is 5.16 Å². The number of rotatable bonds is 4. The molecule has 1 heterocycles. The lowest BCUT2D eigenvalue weighted by molar-refractivity contribution is -0.129. The highest BCUT2D eigenvalue weighted by molar-refractivity contribution is 6.06. The van der Waals surface area contributed by atoms with Crippen molar-refractivity contribution in [2.45, 2.75) is 51.6 Å². The molecule has 2 atom stereocenters. The first-order valence-electron chi connectivity index (χ1n) is 7.48. The van der Waals surface area contributed by atoms with Gasteiger partial charge in [0, 0.05) is 19.1 Å². The molecule has 2 fully saturated rings. The molecule has 20 heavy (non-hydrogen) atoms. The summed E-state index contributed by atoms with van der Waals surface area (Å²) in [6.07, 6.45) is 5.44. The van der Waals surface area contributed by atoms with E-state index in [4.69, 9.17) is 15.7 Å². The molecular weight excluding hydrogens is 258 g/mol. The summed E-state index contributed by atoms with van der Waals surface area (Å²) in [6.45, 7) is 3.39. The highest BCUT2D eigenvalue weighted by Gasteiger charge is 2.44. The van der Waals surface area contributed by atoms with E-state index in [1.165, 1.54) is 0 Å². The number of nitrogens with two attached hydrogens (primary N) is 1. The summed E-state index contributed by atoms with van der Waals surface area (Å²) in [5.41, 5.74) is 4.99. The van der Waals surface area contributed by atoms with E-state index in [0.717, 1.165) is 32.3 Å². The van der Waals surface area contributed by atoms with Gasteiger partial charge in [0.1, 0.15) is 5.41 Å². The van der Waals surface area contributed by atoms with Crippen molar-refractivity contribution in [1.82, 2.24) is 5.32 Å². The van der Waals surface area contributed by atoms with Gasteiger partial charge < -0.3 is 21.0 Å². The number of oxime groups is 1. The summed E-state index contributed by atoms with van der Waals surface area (Å²) in [4.78, 5) is 12.6. The van der Waals surface area contributed by atoms with E-state index in [9.17, 15) is 4.79 Å². The fourth-order valence-corrected chi connectivity index (χ4v) is 3.29. The number of ether oxygens (including phenoxy) is 1. The van der Waals surface area contributed by atoms with Crippen molar-refractivity contribution >= 4 is 11.7 Å². The number of amidine groups is 1. The van der Waals surface area contributed by atoms with Gasteiger partial charge in [-0.3, -0.25) is 4.79 Å². The molecule has 0 spiro atoms. The maximum Gasteiger partial charge on any atom is 0.233 e. The van der Waals surface area contributed by atoms with Gasteiger partial charge in [-0.25, -0.2) is 0 Å². The van der Waals surface area contributed by atoms with Gasteiger partial charge in [0.25, 0.3) is 0 Å². The SMILES string of the molecule is CC1OCCC1CNC(=O)C1(C(N)=NO)CCCCC1. The second kappa shape index (κ2) is 6.43. The van der Waals surface area contributed by atoms with Gasteiger partial charge in [-0.2, -0.15) is 0 Å². The second-order valence-electron chi connectivity index (χ2n) is 5.96. The van der Waals surface area contributed by atoms with Crippen LogP contribution in [0.25, 0.3) is 0 Å². The molecule has 0 bridgehead atoms. The van der Waals surface area contributed by atoms with E-state index < -0.39 is 5.41 Å². The zero-order valence-corrected chi connectivity index (χ0v) is 12.1. The Balaban J connectivity index is 2.00. The minimum absolute atomic E-state index is 0.0467. The molecule has 1 amide bonds. The Hall–Kier alpha value is -1.30. The standard InChI is InChI=1S/C14H25N3O3/c1-10-11(5-8-20-10)9-16-13(18)14(12(15)17-19)6-3-2-4-7-14/h10-11,19H,2-9H2,1H3,(H2,15,17)(H,16,18). The minimum atomic E-state index is -0.824. The molecule has 1 saturated carbocycles. The van der Waals surface area contributed by atoms with Crippen molar-refractivity contribution in [2.24, 2.45) is 22.2 Å². The maximum absolute atomic E-state index is 12.6. The average molecular weight is 283 g/mol. The summed E-state index contributed by atoms with van der Waals surface area (Å²) < 4.78 is 5.50. The normalized spacial score (nSPS) is 30.1. The number of amides is 1. The molecule has 1 aliphatic carbocycles. The highest BCUT2D eigenvalue weighted by Crippen LogP contribution is 2.37. The number of nitrogens with zero attached hydrogens (tertiary/aromatic N) is 1. The van der Waals surface area contributed by atoms with Crippen molar-refractivity contribution in [3.8, 4) is 0 Å². The maximum atomic E-state index is 12.6. The fraction of sp³-hybridized carbons (Fsp3) is 0.857. The van der Waals surface area contributed by atoms with Gasteiger partial charge in [-0.15, -0.1) is 0 Å². The van der Waals surface area contributed by atoms with Gasteiger partial charge in [-0.1, -0.05) is 24.4 Å². The molecular formula is C14H25N3O3. The van der Waals surface area contributed by atoms with Crippen molar-refractivity contribution in [2.75, 3.05) is 13.2 Å². The van der Waals surface area contributed by atoms with E-state index in [2.05, 4.69) is 10.5 Å². The number of nitrogens with one attached hydrogen (secondary N) is 1. The number of carbonyl (C=O) groups excluding carboxylic acids is 1. The molecule has 0 aromatic rings. The van der Waals surface area contributed by atoms with Crippen molar-refractivity contribution < 1.29 is 14.7 Å². The van der Waals surface area contributed by atoms with E-state index in [1.807, 2.05) is 6.92 Å². The lowest BCUT2D eigenvalue weighted by atomic mass is 9.72. The van der Waals surface area contributed by atoms with Crippen LogP contribution in [-0.4, -0.2) is 36.2 Å². The molecule has 2 unspecified atom stereocenters. The number of hydrogen-bond donors (Lipinski definition) is 3. The Morgan fingerprint density at radius 1 is 1.45 bits per heavy atom. The van der Waals surface area contributed by atoms with Crippen LogP contribution in [0.5, 0.6) is 0 Å². The van der Waals surface area contributed by atoms with Gasteiger partial charge in [0.05, 0.1) is 6.10 Å². The van der Waals surface area contributed by atoms with Crippen LogP contribution in [0.1, 0.15) is 45.4 Å². The van der Waals surface area contributed by atoms with Gasteiger partial charge in [-0.05, 0) is 26.2 Å². The van der Waals surface area contributed by atoms with Gasteiger partial charge >= 0.3 is 0 Å². The first-order valence-corrected chi connectivity index (χ1v) is 7.48. The third kappa shape index (κ3) is 2.90. The van der Waals surface area contributed by atoms with Gasteiger partial charge in [0.15, 0.2) is 5.84 Å². The topological polar surface area (TPSA) is 96.9 Å². The van der Waals surface area contributed by atoms with Gasteiger partial charge in [0.2, 0.25) is 5.91 Å². The van der Waals surface area contributed by atoms with E-state index in [1.54, 1.807) is 0 Å². The Bertz CT molecular complexity index is 378. The summed E-state index contributed by atoms with van der Waals surface area (Å²) in [7, 11) is 0. The molecule has 114 valence electrons. The Kier molecular flexibility index (Phi) is 4.86. The predicted octanol–water partition coefficient (Wildman–Crippen LogP) is 1.22. The largest absolute Gasteiger partial charge is 0.409 e. The Morgan fingerprint density at radius 2 is 2.15 bits per heavy atom. The monoisotopic (exact) mass is 283 g/mol. The molecule has 0 aromatic carbocycles. The molecule has 2 aliphatic rings. The van der Waals surface area contributed by atoms with E-state index in [-0.39, 0.29) is 17.8 Å². The molecule has 1 aliphatic heterocycles. The molecule has 0 radical (unpaired) electrons. The van der Waals surface area contributed by atoms with Crippen LogP contribution in [0.3, 0.4) is 0 Å². The lowest BCUT2D eigenvalue weighted by Crippen LogP contribution is -2.52. The Labute approximate surface area is 119 Å². The summed E-state index contributed by atoms with van der Waals surface area (Å²) in [5.74, 6) is 0.295. The summed E-state index contributed by atoms with van der Waals surface area (Å²) in [6, 6.07) is 0. The molecule has 1 saturated heterocycles. The number of hydrogen-bond acceptors (Lipinski definition) is 4. The van der Waals surface area contributed by atoms with Crippen molar-refractivity contribution in [3.63, 3.8) is 0 Å². The summed E-state index contributed by atoms with van der Waals surface area (Å²) in [5, 5.41) is 15.1. The first kappa shape index (κ1) is 15.1. The molecule has 6 nitrogen and oxygen atoms in total. The zero-order valence-electron chi connectivity index (χ0n) is 12.1. The smallest absolute Gasteiger partial charge is 0.233 e. The van der Waals surface area contributed by atoms with Crippen LogP contribution < -0.4 is 11.1 Å². The fourth-order valence-electron chi connectivity index (χ4n) is 3.29. The van der Waals surface area contributed by atoms with Crippen molar-refractivity contribution in [3.05, 3.63) is 0 Å².